The van der Waals surface area contributed by atoms with Crippen molar-refractivity contribution < 1.29 is 4.79 Å². The topological polar surface area (TPSA) is 82.0 Å². The summed E-state index contributed by atoms with van der Waals surface area (Å²) in [7, 11) is 0. The molecule has 0 aliphatic rings. The van der Waals surface area contributed by atoms with Crippen LogP contribution in [-0.2, 0) is 0 Å². The Hall–Kier alpha value is -2.88. The standard InChI is InChI=1S/C16H13N3O/c17-15-14(16(18)20)13(10-6-2-1-3-7-10)11-8-4-5-9-12(11)19-15/h1-9H,(H2,17,19)(H2,18,20). The van der Waals surface area contributed by atoms with E-state index in [0.29, 0.717) is 0 Å². The van der Waals surface area contributed by atoms with Gasteiger partial charge in [0.1, 0.15) is 5.82 Å². The van der Waals surface area contributed by atoms with Crippen molar-refractivity contribution in [1.29, 1.82) is 0 Å². The van der Waals surface area contributed by atoms with E-state index >= 15 is 0 Å². The van der Waals surface area contributed by atoms with Crippen LogP contribution in [0, 0.1) is 0 Å². The number of nitrogens with two attached hydrogens (primary N) is 2. The molecule has 4 N–H and O–H groups in total. The molecule has 1 heterocycles. The maximum absolute atomic E-state index is 11.8. The number of benzene rings is 2. The first-order chi connectivity index (χ1) is 9.68. The predicted octanol–water partition coefficient (Wildman–Crippen LogP) is 2.58. The lowest BCUT2D eigenvalue weighted by Gasteiger charge is -2.13. The number of aromatic nitrogens is 1. The van der Waals surface area contributed by atoms with Crippen LogP contribution in [0.3, 0.4) is 0 Å². The quantitative estimate of drug-likeness (QED) is 0.745. The Bertz CT molecular complexity index is 797. The largest absolute Gasteiger partial charge is 0.383 e. The van der Waals surface area contributed by atoms with Gasteiger partial charge in [-0.3, -0.25) is 4.79 Å². The van der Waals surface area contributed by atoms with Gasteiger partial charge in [0.15, 0.2) is 0 Å². The summed E-state index contributed by atoms with van der Waals surface area (Å²) in [5.74, 6) is -0.408. The SMILES string of the molecule is NC(=O)c1c(N)nc2ccccc2c1-c1ccccc1. The molecule has 1 amide bonds. The summed E-state index contributed by atoms with van der Waals surface area (Å²) in [4.78, 5) is 16.0. The zero-order valence-corrected chi connectivity index (χ0v) is 10.7. The summed E-state index contributed by atoms with van der Waals surface area (Å²) in [6.45, 7) is 0. The normalized spacial score (nSPS) is 10.6. The van der Waals surface area contributed by atoms with E-state index in [0.717, 1.165) is 22.0 Å². The molecule has 20 heavy (non-hydrogen) atoms. The van der Waals surface area contributed by atoms with E-state index in [2.05, 4.69) is 4.98 Å². The number of rotatable bonds is 2. The van der Waals surface area contributed by atoms with Gasteiger partial charge in [-0.05, 0) is 11.6 Å². The molecule has 1 aromatic heterocycles. The smallest absolute Gasteiger partial charge is 0.253 e. The zero-order valence-electron chi connectivity index (χ0n) is 10.7. The van der Waals surface area contributed by atoms with Crippen molar-refractivity contribution in [2.45, 2.75) is 0 Å². The van der Waals surface area contributed by atoms with Gasteiger partial charge in [-0.1, -0.05) is 48.5 Å². The number of amides is 1. The van der Waals surface area contributed by atoms with Crippen molar-refractivity contribution in [3.63, 3.8) is 0 Å². The van der Waals surface area contributed by atoms with Crippen molar-refractivity contribution in [2.75, 3.05) is 5.73 Å². The monoisotopic (exact) mass is 263 g/mol. The molecule has 0 bridgehead atoms. The van der Waals surface area contributed by atoms with Crippen molar-refractivity contribution in [3.05, 3.63) is 60.2 Å². The molecule has 0 saturated carbocycles. The number of fused-ring (bicyclic) bond motifs is 1. The van der Waals surface area contributed by atoms with E-state index in [9.17, 15) is 4.79 Å². The highest BCUT2D eigenvalue weighted by Gasteiger charge is 2.18. The molecule has 4 nitrogen and oxygen atoms in total. The van der Waals surface area contributed by atoms with Gasteiger partial charge in [-0.25, -0.2) is 4.98 Å². The number of carbonyl (C=O) groups excluding carboxylic acids is 1. The van der Waals surface area contributed by atoms with Crippen LogP contribution in [0.2, 0.25) is 0 Å². The van der Waals surface area contributed by atoms with Crippen LogP contribution < -0.4 is 11.5 Å². The first-order valence-electron chi connectivity index (χ1n) is 6.22. The molecule has 0 atom stereocenters. The van der Waals surface area contributed by atoms with Gasteiger partial charge in [0, 0.05) is 10.9 Å². The third kappa shape index (κ3) is 1.87. The van der Waals surface area contributed by atoms with Gasteiger partial charge < -0.3 is 11.5 Å². The Kier molecular flexibility index (Phi) is 2.84. The third-order valence-electron chi connectivity index (χ3n) is 3.23. The Labute approximate surface area is 116 Å². The first-order valence-corrected chi connectivity index (χ1v) is 6.22. The van der Waals surface area contributed by atoms with E-state index in [4.69, 9.17) is 11.5 Å². The van der Waals surface area contributed by atoms with Gasteiger partial charge in [-0.2, -0.15) is 0 Å². The fourth-order valence-corrected chi connectivity index (χ4v) is 2.39. The second kappa shape index (κ2) is 4.66. The molecule has 0 aliphatic heterocycles. The van der Waals surface area contributed by atoms with Crippen molar-refractivity contribution in [1.82, 2.24) is 4.98 Å². The molecule has 2 aromatic carbocycles. The minimum atomic E-state index is -0.570. The minimum Gasteiger partial charge on any atom is -0.383 e. The number of nitrogens with zero attached hydrogens (tertiary/aromatic N) is 1. The Morgan fingerprint density at radius 2 is 1.60 bits per heavy atom. The fourth-order valence-electron chi connectivity index (χ4n) is 2.39. The van der Waals surface area contributed by atoms with Gasteiger partial charge in [0.05, 0.1) is 11.1 Å². The number of hydrogen-bond donors (Lipinski definition) is 2. The summed E-state index contributed by atoms with van der Waals surface area (Å²) in [6.07, 6.45) is 0. The number of primary amides is 1. The molecular weight excluding hydrogens is 250 g/mol. The zero-order chi connectivity index (χ0) is 14.1. The summed E-state index contributed by atoms with van der Waals surface area (Å²) in [5, 5.41) is 0.863. The molecule has 4 heteroatoms. The summed E-state index contributed by atoms with van der Waals surface area (Å²) >= 11 is 0. The maximum atomic E-state index is 11.8. The second-order valence-electron chi connectivity index (χ2n) is 4.49. The Morgan fingerprint density at radius 1 is 0.950 bits per heavy atom. The number of anilines is 1. The lowest BCUT2D eigenvalue weighted by Crippen LogP contribution is -2.16. The maximum Gasteiger partial charge on any atom is 0.253 e. The first kappa shape index (κ1) is 12.2. The van der Waals surface area contributed by atoms with E-state index in [1.54, 1.807) is 0 Å². The Morgan fingerprint density at radius 3 is 2.30 bits per heavy atom. The molecule has 0 radical (unpaired) electrons. The lowest BCUT2D eigenvalue weighted by molar-refractivity contribution is 0.100. The molecule has 3 aromatic rings. The molecule has 0 unspecified atom stereocenters. The van der Waals surface area contributed by atoms with E-state index < -0.39 is 5.91 Å². The number of pyridine rings is 1. The van der Waals surface area contributed by atoms with Gasteiger partial charge in [0.25, 0.3) is 5.91 Å². The second-order valence-corrected chi connectivity index (χ2v) is 4.49. The molecule has 98 valence electrons. The highest BCUT2D eigenvalue weighted by molar-refractivity contribution is 6.11. The fraction of sp³-hybridized carbons (Fsp3) is 0. The molecule has 3 rings (SSSR count). The van der Waals surface area contributed by atoms with Crippen LogP contribution in [0.1, 0.15) is 10.4 Å². The number of carbonyl (C=O) groups is 1. The van der Waals surface area contributed by atoms with Crippen LogP contribution in [0.25, 0.3) is 22.0 Å². The highest BCUT2D eigenvalue weighted by Crippen LogP contribution is 2.33. The van der Waals surface area contributed by atoms with E-state index in [1.165, 1.54) is 0 Å². The van der Waals surface area contributed by atoms with Crippen LogP contribution in [0.15, 0.2) is 54.6 Å². The lowest BCUT2D eigenvalue weighted by atomic mass is 9.95. The molecule has 0 saturated heterocycles. The van der Waals surface area contributed by atoms with Gasteiger partial charge >= 0.3 is 0 Å². The van der Waals surface area contributed by atoms with Crippen LogP contribution in [0.5, 0.6) is 0 Å². The van der Waals surface area contributed by atoms with Crippen LogP contribution in [0.4, 0.5) is 5.82 Å². The predicted molar refractivity (Wildman–Crippen MR) is 80.1 cm³/mol. The van der Waals surface area contributed by atoms with Crippen LogP contribution >= 0.6 is 0 Å². The van der Waals surface area contributed by atoms with E-state index in [-0.39, 0.29) is 11.4 Å². The van der Waals surface area contributed by atoms with Crippen LogP contribution in [-0.4, -0.2) is 10.9 Å². The summed E-state index contributed by atoms with van der Waals surface area (Å²) in [6, 6.07) is 17.1. The number of para-hydroxylation sites is 1. The molecule has 0 spiro atoms. The van der Waals surface area contributed by atoms with Crippen molar-refractivity contribution >= 4 is 22.6 Å². The molecule has 0 aliphatic carbocycles. The average molecular weight is 263 g/mol. The average Bonchev–Trinajstić information content (AvgIpc) is 2.46. The van der Waals surface area contributed by atoms with E-state index in [1.807, 2.05) is 54.6 Å². The summed E-state index contributed by atoms with van der Waals surface area (Å²) in [5.41, 5.74) is 14.0. The van der Waals surface area contributed by atoms with Crippen molar-refractivity contribution in [2.24, 2.45) is 5.73 Å². The van der Waals surface area contributed by atoms with Gasteiger partial charge in [-0.15, -0.1) is 0 Å². The third-order valence-corrected chi connectivity index (χ3v) is 3.23. The highest BCUT2D eigenvalue weighted by atomic mass is 16.1. The number of hydrogen-bond acceptors (Lipinski definition) is 3. The summed E-state index contributed by atoms with van der Waals surface area (Å²) < 4.78 is 0. The molecular formula is C16H13N3O. The Balaban J connectivity index is 2.48. The number of nitrogen functional groups attached to an aromatic ring is 1. The minimum absolute atomic E-state index is 0.162. The van der Waals surface area contributed by atoms with Gasteiger partial charge in [0.2, 0.25) is 0 Å². The van der Waals surface area contributed by atoms with Crippen molar-refractivity contribution in [3.8, 4) is 11.1 Å². The molecule has 0 fully saturated rings.